The molecule has 106 valence electrons. The molecule has 2 nitrogen and oxygen atoms in total. The topological polar surface area (TPSA) is 21.3 Å². The second-order valence-corrected chi connectivity index (χ2v) is 5.60. The van der Waals surface area contributed by atoms with Crippen LogP contribution in [0.2, 0.25) is 0 Å². The van der Waals surface area contributed by atoms with Gasteiger partial charge >= 0.3 is 0 Å². The van der Waals surface area contributed by atoms with E-state index in [1.165, 1.54) is 10.5 Å². The van der Waals surface area contributed by atoms with E-state index in [-0.39, 0.29) is 0 Å². The van der Waals surface area contributed by atoms with Crippen LogP contribution in [0.5, 0.6) is 5.75 Å². The SMILES string of the molecule is CCNC(CSc1ccccc1)c1cccc(OC)c1. The van der Waals surface area contributed by atoms with Gasteiger partial charge in [0.15, 0.2) is 0 Å². The molecule has 0 fully saturated rings. The third kappa shape index (κ3) is 4.29. The summed E-state index contributed by atoms with van der Waals surface area (Å²) in [7, 11) is 1.71. The molecule has 1 unspecified atom stereocenters. The van der Waals surface area contributed by atoms with E-state index in [1.54, 1.807) is 7.11 Å². The Kier molecular flexibility index (Phi) is 5.96. The van der Waals surface area contributed by atoms with Gasteiger partial charge in [-0.1, -0.05) is 37.3 Å². The molecule has 20 heavy (non-hydrogen) atoms. The molecule has 2 aromatic rings. The fourth-order valence-corrected chi connectivity index (χ4v) is 3.09. The van der Waals surface area contributed by atoms with Crippen LogP contribution < -0.4 is 10.1 Å². The van der Waals surface area contributed by atoms with Gasteiger partial charge in [0.25, 0.3) is 0 Å². The molecule has 0 radical (unpaired) electrons. The summed E-state index contributed by atoms with van der Waals surface area (Å²) in [5, 5.41) is 3.54. The number of methoxy groups -OCH3 is 1. The highest BCUT2D eigenvalue weighted by Gasteiger charge is 2.11. The minimum absolute atomic E-state index is 0.334. The molecular formula is C17H21NOS. The highest BCUT2D eigenvalue weighted by atomic mass is 32.2. The van der Waals surface area contributed by atoms with Crippen LogP contribution in [0.25, 0.3) is 0 Å². The Bertz CT molecular complexity index is 515. The van der Waals surface area contributed by atoms with Crippen LogP contribution in [0, 0.1) is 0 Å². The highest BCUT2D eigenvalue weighted by molar-refractivity contribution is 7.99. The average molecular weight is 287 g/mol. The average Bonchev–Trinajstić information content (AvgIpc) is 2.52. The second-order valence-electron chi connectivity index (χ2n) is 4.51. The molecule has 0 bridgehead atoms. The lowest BCUT2D eigenvalue weighted by Gasteiger charge is -2.18. The van der Waals surface area contributed by atoms with Crippen molar-refractivity contribution < 1.29 is 4.74 Å². The van der Waals surface area contributed by atoms with Gasteiger partial charge in [-0.3, -0.25) is 0 Å². The molecule has 0 saturated carbocycles. The Balaban J connectivity index is 2.06. The van der Waals surface area contributed by atoms with Crippen LogP contribution in [-0.4, -0.2) is 19.4 Å². The molecule has 0 aliphatic heterocycles. The van der Waals surface area contributed by atoms with Gasteiger partial charge in [-0.05, 0) is 36.4 Å². The largest absolute Gasteiger partial charge is 0.497 e. The zero-order valence-electron chi connectivity index (χ0n) is 12.0. The van der Waals surface area contributed by atoms with E-state index in [9.17, 15) is 0 Å². The molecule has 0 aliphatic rings. The van der Waals surface area contributed by atoms with Crippen LogP contribution in [0.4, 0.5) is 0 Å². The van der Waals surface area contributed by atoms with Gasteiger partial charge in [-0.2, -0.15) is 0 Å². The molecule has 0 spiro atoms. The Morgan fingerprint density at radius 1 is 1.10 bits per heavy atom. The maximum absolute atomic E-state index is 5.31. The zero-order valence-corrected chi connectivity index (χ0v) is 12.8. The Labute approximate surface area is 125 Å². The van der Waals surface area contributed by atoms with Crippen LogP contribution in [0.15, 0.2) is 59.5 Å². The fraction of sp³-hybridized carbons (Fsp3) is 0.294. The maximum atomic E-state index is 5.31. The van der Waals surface area contributed by atoms with Gasteiger partial charge in [0.1, 0.15) is 5.75 Å². The van der Waals surface area contributed by atoms with E-state index >= 15 is 0 Å². The molecule has 0 amide bonds. The zero-order chi connectivity index (χ0) is 14.2. The van der Waals surface area contributed by atoms with Gasteiger partial charge in [-0.25, -0.2) is 0 Å². The quantitative estimate of drug-likeness (QED) is 0.773. The summed E-state index contributed by atoms with van der Waals surface area (Å²) in [5.41, 5.74) is 1.27. The molecule has 3 heteroatoms. The summed E-state index contributed by atoms with van der Waals surface area (Å²) in [4.78, 5) is 1.30. The summed E-state index contributed by atoms with van der Waals surface area (Å²) in [6.07, 6.45) is 0. The molecule has 2 aromatic carbocycles. The first-order chi connectivity index (χ1) is 9.83. The number of benzene rings is 2. The van der Waals surface area contributed by atoms with Gasteiger partial charge in [-0.15, -0.1) is 11.8 Å². The van der Waals surface area contributed by atoms with Crippen LogP contribution in [0.1, 0.15) is 18.5 Å². The van der Waals surface area contributed by atoms with Crippen molar-refractivity contribution in [2.24, 2.45) is 0 Å². The third-order valence-electron chi connectivity index (χ3n) is 3.11. The number of rotatable bonds is 7. The normalized spacial score (nSPS) is 12.1. The first kappa shape index (κ1) is 14.9. The minimum atomic E-state index is 0.334. The summed E-state index contributed by atoms with van der Waals surface area (Å²) in [6.45, 7) is 3.09. The fourth-order valence-electron chi connectivity index (χ4n) is 2.07. The van der Waals surface area contributed by atoms with Crippen molar-refractivity contribution in [1.82, 2.24) is 5.32 Å². The summed E-state index contributed by atoms with van der Waals surface area (Å²) in [6, 6.07) is 19.1. The number of thioether (sulfide) groups is 1. The molecule has 1 N–H and O–H groups in total. The molecule has 0 aliphatic carbocycles. The standard InChI is InChI=1S/C17H21NOS/c1-3-18-17(13-20-16-10-5-4-6-11-16)14-8-7-9-15(12-14)19-2/h4-12,17-18H,3,13H2,1-2H3. The van der Waals surface area contributed by atoms with Crippen LogP contribution >= 0.6 is 11.8 Å². The maximum Gasteiger partial charge on any atom is 0.119 e. The van der Waals surface area contributed by atoms with Gasteiger partial charge in [0.2, 0.25) is 0 Å². The lowest BCUT2D eigenvalue weighted by atomic mass is 10.1. The smallest absolute Gasteiger partial charge is 0.119 e. The van der Waals surface area contributed by atoms with Crippen molar-refractivity contribution in [2.75, 3.05) is 19.4 Å². The van der Waals surface area contributed by atoms with Crippen LogP contribution in [0.3, 0.4) is 0 Å². The third-order valence-corrected chi connectivity index (χ3v) is 4.21. The van der Waals surface area contributed by atoms with Crippen molar-refractivity contribution in [2.45, 2.75) is 17.9 Å². The summed E-state index contributed by atoms with van der Waals surface area (Å²) >= 11 is 1.87. The molecule has 0 heterocycles. The molecule has 1 atom stereocenters. The predicted molar refractivity (Wildman–Crippen MR) is 86.6 cm³/mol. The monoisotopic (exact) mass is 287 g/mol. The predicted octanol–water partition coefficient (Wildman–Crippen LogP) is 4.14. The molecule has 0 saturated heterocycles. The van der Waals surface area contributed by atoms with E-state index in [4.69, 9.17) is 4.74 Å². The molecular weight excluding hydrogens is 266 g/mol. The van der Waals surface area contributed by atoms with E-state index in [0.717, 1.165) is 18.0 Å². The second kappa shape index (κ2) is 7.98. The van der Waals surface area contributed by atoms with Crippen molar-refractivity contribution in [3.8, 4) is 5.75 Å². The van der Waals surface area contributed by atoms with E-state index in [2.05, 4.69) is 48.6 Å². The molecule has 0 aromatic heterocycles. The Hall–Kier alpha value is -1.45. The molecule has 2 rings (SSSR count). The number of hydrogen-bond donors (Lipinski definition) is 1. The Morgan fingerprint density at radius 2 is 1.90 bits per heavy atom. The minimum Gasteiger partial charge on any atom is -0.497 e. The first-order valence-corrected chi connectivity index (χ1v) is 7.87. The lowest BCUT2D eigenvalue weighted by Crippen LogP contribution is -2.22. The number of nitrogens with one attached hydrogen (secondary N) is 1. The van der Waals surface area contributed by atoms with Crippen molar-refractivity contribution in [3.05, 3.63) is 60.2 Å². The number of hydrogen-bond acceptors (Lipinski definition) is 3. The first-order valence-electron chi connectivity index (χ1n) is 6.88. The lowest BCUT2D eigenvalue weighted by molar-refractivity contribution is 0.413. The van der Waals surface area contributed by atoms with Crippen molar-refractivity contribution in [1.29, 1.82) is 0 Å². The van der Waals surface area contributed by atoms with Crippen LogP contribution in [-0.2, 0) is 0 Å². The van der Waals surface area contributed by atoms with Crippen molar-refractivity contribution >= 4 is 11.8 Å². The summed E-state index contributed by atoms with van der Waals surface area (Å²) < 4.78 is 5.31. The Morgan fingerprint density at radius 3 is 2.60 bits per heavy atom. The van der Waals surface area contributed by atoms with E-state index in [1.807, 2.05) is 30.0 Å². The van der Waals surface area contributed by atoms with Crippen molar-refractivity contribution in [3.63, 3.8) is 0 Å². The van der Waals surface area contributed by atoms with Gasteiger partial charge in [0, 0.05) is 16.7 Å². The van der Waals surface area contributed by atoms with Gasteiger partial charge in [0.05, 0.1) is 7.11 Å². The highest BCUT2D eigenvalue weighted by Crippen LogP contribution is 2.26. The van der Waals surface area contributed by atoms with Gasteiger partial charge < -0.3 is 10.1 Å². The number of ether oxygens (including phenoxy) is 1. The van der Waals surface area contributed by atoms with E-state index in [0.29, 0.717) is 6.04 Å². The van der Waals surface area contributed by atoms with E-state index < -0.39 is 0 Å². The summed E-state index contributed by atoms with van der Waals surface area (Å²) in [5.74, 6) is 1.92.